The normalized spacial score (nSPS) is 10.7. The van der Waals surface area contributed by atoms with E-state index in [1.807, 2.05) is 19.1 Å². The highest BCUT2D eigenvalue weighted by atomic mass is 35.5. The molecule has 0 unspecified atom stereocenters. The molecule has 0 aliphatic heterocycles. The molecule has 3 nitrogen and oxygen atoms in total. The molecule has 1 heterocycles. The van der Waals surface area contributed by atoms with Crippen LogP contribution in [0.25, 0.3) is 0 Å². The number of aryl methyl sites for hydroxylation is 2. The van der Waals surface area contributed by atoms with Gasteiger partial charge in [-0.3, -0.25) is 0 Å². The van der Waals surface area contributed by atoms with Crippen molar-refractivity contribution < 1.29 is 0 Å². The van der Waals surface area contributed by atoms with Crippen LogP contribution in [0.15, 0.2) is 24.3 Å². The minimum Gasteiger partial charge on any atom is -0.383 e. The molecule has 0 spiro atoms. The molecule has 4 heteroatoms. The second kappa shape index (κ2) is 4.18. The number of rotatable bonds is 2. The van der Waals surface area contributed by atoms with Gasteiger partial charge < -0.3 is 5.73 Å². The minimum atomic E-state index is 0.530. The Morgan fingerprint density at radius 1 is 1.31 bits per heavy atom. The van der Waals surface area contributed by atoms with Gasteiger partial charge in [0.15, 0.2) is 0 Å². The van der Waals surface area contributed by atoms with Crippen molar-refractivity contribution in [1.82, 2.24) is 9.78 Å². The Morgan fingerprint density at radius 3 is 2.56 bits per heavy atom. The Labute approximate surface area is 99.8 Å². The largest absolute Gasteiger partial charge is 0.383 e. The van der Waals surface area contributed by atoms with E-state index < -0.39 is 0 Å². The molecule has 1 aromatic carbocycles. The van der Waals surface area contributed by atoms with Crippen molar-refractivity contribution in [3.8, 4) is 0 Å². The summed E-state index contributed by atoms with van der Waals surface area (Å²) in [6.45, 7) is 4.59. The van der Waals surface area contributed by atoms with Crippen LogP contribution in [0.4, 0.5) is 5.82 Å². The first-order valence-corrected chi connectivity index (χ1v) is 5.50. The molecule has 0 radical (unpaired) electrons. The van der Waals surface area contributed by atoms with E-state index in [1.165, 1.54) is 11.1 Å². The molecule has 0 bridgehead atoms. The number of hydrogen-bond acceptors (Lipinski definition) is 2. The Balaban J connectivity index is 2.34. The molecule has 0 aliphatic rings. The summed E-state index contributed by atoms with van der Waals surface area (Å²) in [7, 11) is 0. The number of nitrogen functional groups attached to an aromatic ring is 1. The van der Waals surface area contributed by atoms with Gasteiger partial charge in [0.2, 0.25) is 0 Å². The molecule has 16 heavy (non-hydrogen) atoms. The lowest BCUT2D eigenvalue weighted by molar-refractivity contribution is 0.686. The lowest BCUT2D eigenvalue weighted by atomic mass is 10.1. The molecule has 1 aromatic heterocycles. The van der Waals surface area contributed by atoms with Gasteiger partial charge in [0.05, 0.1) is 12.2 Å². The number of hydrogen-bond donors (Lipinski definition) is 1. The predicted octanol–water partition coefficient (Wildman–Crippen LogP) is 2.78. The summed E-state index contributed by atoms with van der Waals surface area (Å²) in [6, 6.07) is 8.17. The second-order valence-corrected chi connectivity index (χ2v) is 4.25. The Bertz CT molecular complexity index is 517. The number of benzene rings is 1. The van der Waals surface area contributed by atoms with Crippen LogP contribution in [0.3, 0.4) is 0 Å². The highest BCUT2D eigenvalue weighted by Crippen LogP contribution is 2.23. The van der Waals surface area contributed by atoms with Crippen LogP contribution in [0.1, 0.15) is 16.8 Å². The molecule has 84 valence electrons. The van der Waals surface area contributed by atoms with E-state index in [2.05, 4.69) is 24.2 Å². The van der Waals surface area contributed by atoms with Gasteiger partial charge in [-0.15, -0.1) is 0 Å². The van der Waals surface area contributed by atoms with E-state index in [9.17, 15) is 0 Å². The smallest absolute Gasteiger partial charge is 0.141 e. The number of anilines is 1. The fourth-order valence-electron chi connectivity index (χ4n) is 1.65. The molecule has 0 fully saturated rings. The van der Waals surface area contributed by atoms with Gasteiger partial charge in [0.1, 0.15) is 10.8 Å². The minimum absolute atomic E-state index is 0.530. The van der Waals surface area contributed by atoms with Crippen molar-refractivity contribution in [3.05, 3.63) is 46.1 Å². The molecule has 2 rings (SSSR count). The van der Waals surface area contributed by atoms with Crippen molar-refractivity contribution in [2.24, 2.45) is 0 Å². The standard InChI is InChI=1S/C12H14ClN3/c1-8-5-3-4-6-10(8)7-16-12(14)11(13)9(2)15-16/h3-6H,7,14H2,1-2H3. The lowest BCUT2D eigenvalue weighted by Gasteiger charge is -2.07. The van der Waals surface area contributed by atoms with Crippen molar-refractivity contribution in [3.63, 3.8) is 0 Å². The van der Waals surface area contributed by atoms with E-state index in [0.717, 1.165) is 5.69 Å². The van der Waals surface area contributed by atoms with Crippen LogP contribution in [-0.2, 0) is 6.54 Å². The average molecular weight is 236 g/mol. The monoisotopic (exact) mass is 235 g/mol. The Hall–Kier alpha value is -1.48. The first-order chi connectivity index (χ1) is 7.59. The van der Waals surface area contributed by atoms with Gasteiger partial charge in [0.25, 0.3) is 0 Å². The fraction of sp³-hybridized carbons (Fsp3) is 0.250. The van der Waals surface area contributed by atoms with Crippen molar-refractivity contribution in [2.45, 2.75) is 20.4 Å². The summed E-state index contributed by atoms with van der Waals surface area (Å²) in [4.78, 5) is 0. The number of halogens is 1. The zero-order valence-corrected chi connectivity index (χ0v) is 10.1. The van der Waals surface area contributed by atoms with Crippen molar-refractivity contribution in [2.75, 3.05) is 5.73 Å². The van der Waals surface area contributed by atoms with E-state index in [0.29, 0.717) is 17.4 Å². The average Bonchev–Trinajstić information content (AvgIpc) is 2.50. The van der Waals surface area contributed by atoms with Gasteiger partial charge in [-0.1, -0.05) is 35.9 Å². The second-order valence-electron chi connectivity index (χ2n) is 3.87. The lowest BCUT2D eigenvalue weighted by Crippen LogP contribution is -2.07. The maximum absolute atomic E-state index is 6.00. The summed E-state index contributed by atoms with van der Waals surface area (Å²) in [5.41, 5.74) is 9.07. The molecular weight excluding hydrogens is 222 g/mol. The fourth-order valence-corrected chi connectivity index (χ4v) is 1.78. The summed E-state index contributed by atoms with van der Waals surface area (Å²) in [6.07, 6.45) is 0. The molecule has 0 aliphatic carbocycles. The van der Waals surface area contributed by atoms with E-state index >= 15 is 0 Å². The summed E-state index contributed by atoms with van der Waals surface area (Å²) in [5.74, 6) is 0.530. The summed E-state index contributed by atoms with van der Waals surface area (Å²) >= 11 is 6.00. The van der Waals surface area contributed by atoms with E-state index in [4.69, 9.17) is 17.3 Å². The van der Waals surface area contributed by atoms with Crippen LogP contribution in [0, 0.1) is 13.8 Å². The third kappa shape index (κ3) is 1.91. The molecule has 0 atom stereocenters. The zero-order valence-electron chi connectivity index (χ0n) is 9.37. The number of nitrogens with two attached hydrogens (primary N) is 1. The maximum atomic E-state index is 6.00. The van der Waals surface area contributed by atoms with E-state index in [-0.39, 0.29) is 0 Å². The van der Waals surface area contributed by atoms with Gasteiger partial charge >= 0.3 is 0 Å². The number of aromatic nitrogens is 2. The van der Waals surface area contributed by atoms with Crippen molar-refractivity contribution in [1.29, 1.82) is 0 Å². The van der Waals surface area contributed by atoms with Crippen LogP contribution in [-0.4, -0.2) is 9.78 Å². The molecule has 0 saturated carbocycles. The molecule has 0 amide bonds. The van der Waals surface area contributed by atoms with Crippen molar-refractivity contribution >= 4 is 17.4 Å². The van der Waals surface area contributed by atoms with Gasteiger partial charge in [-0.25, -0.2) is 4.68 Å². The summed E-state index contributed by atoms with van der Waals surface area (Å²) < 4.78 is 1.74. The van der Waals surface area contributed by atoms with Crippen LogP contribution >= 0.6 is 11.6 Å². The molecule has 2 N–H and O–H groups in total. The van der Waals surface area contributed by atoms with Gasteiger partial charge in [-0.2, -0.15) is 5.10 Å². The third-order valence-corrected chi connectivity index (χ3v) is 3.14. The maximum Gasteiger partial charge on any atom is 0.141 e. The first kappa shape index (κ1) is 11.0. The predicted molar refractivity (Wildman–Crippen MR) is 66.7 cm³/mol. The topological polar surface area (TPSA) is 43.8 Å². The van der Waals surface area contributed by atoms with Gasteiger partial charge in [0, 0.05) is 0 Å². The van der Waals surface area contributed by atoms with Gasteiger partial charge in [-0.05, 0) is 25.0 Å². The molecular formula is C12H14ClN3. The highest BCUT2D eigenvalue weighted by Gasteiger charge is 2.10. The SMILES string of the molecule is Cc1ccccc1Cn1nc(C)c(Cl)c1N. The zero-order chi connectivity index (χ0) is 11.7. The Kier molecular flexibility index (Phi) is 2.88. The first-order valence-electron chi connectivity index (χ1n) is 5.12. The molecule has 2 aromatic rings. The van der Waals surface area contributed by atoms with Crippen LogP contribution < -0.4 is 5.73 Å². The van der Waals surface area contributed by atoms with E-state index in [1.54, 1.807) is 4.68 Å². The third-order valence-electron chi connectivity index (χ3n) is 2.67. The van der Waals surface area contributed by atoms with Crippen LogP contribution in [0.5, 0.6) is 0 Å². The number of nitrogens with zero attached hydrogens (tertiary/aromatic N) is 2. The highest BCUT2D eigenvalue weighted by molar-refractivity contribution is 6.33. The quantitative estimate of drug-likeness (QED) is 0.870. The van der Waals surface area contributed by atoms with Crippen LogP contribution in [0.2, 0.25) is 5.02 Å². The Morgan fingerprint density at radius 2 is 2.00 bits per heavy atom. The summed E-state index contributed by atoms with van der Waals surface area (Å²) in [5, 5.41) is 4.86. The molecule has 0 saturated heterocycles.